The number of carbonyl (C=O) groups excluding carboxylic acids is 2. The van der Waals surface area contributed by atoms with E-state index in [4.69, 9.17) is 5.11 Å². The van der Waals surface area contributed by atoms with Crippen molar-refractivity contribution in [2.75, 3.05) is 45.7 Å². The molecule has 9 heteroatoms. The summed E-state index contributed by atoms with van der Waals surface area (Å²) in [6.07, 6.45) is 6.65. The molecule has 0 radical (unpaired) electrons. The average Bonchev–Trinajstić information content (AvgIpc) is 3.15. The molecule has 1 spiro atoms. The van der Waals surface area contributed by atoms with Gasteiger partial charge in [0.1, 0.15) is 0 Å². The summed E-state index contributed by atoms with van der Waals surface area (Å²) in [6, 6.07) is 10.4. The third kappa shape index (κ3) is 4.30. The fourth-order valence-electron chi connectivity index (χ4n) is 5.08. The lowest BCUT2D eigenvalue weighted by molar-refractivity contribution is 0.0658. The van der Waals surface area contributed by atoms with E-state index in [1.165, 1.54) is 22.9 Å². The first-order valence-electron chi connectivity index (χ1n) is 11.3. The van der Waals surface area contributed by atoms with Gasteiger partial charge in [0.25, 0.3) is 5.91 Å². The fourth-order valence-corrected chi connectivity index (χ4v) is 5.08. The quantitative estimate of drug-likeness (QED) is 0.694. The highest BCUT2D eigenvalue weighted by Gasteiger charge is 2.50. The molecule has 1 aliphatic carbocycles. The molecule has 1 saturated heterocycles. The van der Waals surface area contributed by atoms with E-state index in [1.807, 2.05) is 6.07 Å². The van der Waals surface area contributed by atoms with Gasteiger partial charge in [0.05, 0.1) is 36.8 Å². The van der Waals surface area contributed by atoms with Gasteiger partial charge in [-0.05, 0) is 45.3 Å². The van der Waals surface area contributed by atoms with Crippen LogP contribution in [0.4, 0.5) is 10.5 Å². The molecule has 0 unspecified atom stereocenters. The van der Waals surface area contributed by atoms with Crippen molar-refractivity contribution in [2.45, 2.75) is 36.8 Å². The van der Waals surface area contributed by atoms with Gasteiger partial charge in [0.15, 0.2) is 0 Å². The molecule has 9 nitrogen and oxygen atoms in total. The van der Waals surface area contributed by atoms with Gasteiger partial charge >= 0.3 is 6.03 Å². The summed E-state index contributed by atoms with van der Waals surface area (Å²) in [6.45, 7) is 0.624. The summed E-state index contributed by atoms with van der Waals surface area (Å²) >= 11 is 0. The number of hydrogen-bond donors (Lipinski definition) is 2. The van der Waals surface area contributed by atoms with Gasteiger partial charge in [-0.1, -0.05) is 30.3 Å². The molecule has 1 saturated carbocycles. The number of amides is 3. The summed E-state index contributed by atoms with van der Waals surface area (Å²) in [5, 5.41) is 12.2. The molecule has 2 heterocycles. The molecule has 4 rings (SSSR count). The smallest absolute Gasteiger partial charge is 0.322 e. The maximum Gasteiger partial charge on any atom is 0.322 e. The second-order valence-corrected chi connectivity index (χ2v) is 9.30. The number of benzene rings is 1. The topological polar surface area (TPSA) is 102 Å². The van der Waals surface area contributed by atoms with Gasteiger partial charge in [-0.15, -0.1) is 0 Å². The SMILES string of the molecule is CN(CCO)C(=O)c1ncc(N2C[C@]3(CC[C@@](c4ccccc4)(N(C)C)CC3)NC2=O)cn1. The number of nitrogens with zero attached hydrogens (tertiary/aromatic N) is 5. The highest BCUT2D eigenvalue weighted by atomic mass is 16.3. The van der Waals surface area contributed by atoms with Crippen LogP contribution in [0, 0.1) is 0 Å². The Morgan fingerprint density at radius 2 is 1.73 bits per heavy atom. The third-order valence-corrected chi connectivity index (χ3v) is 7.20. The maximum absolute atomic E-state index is 12.9. The Hall–Kier alpha value is -3.04. The molecule has 3 amide bonds. The Morgan fingerprint density at radius 1 is 1.09 bits per heavy atom. The number of nitrogens with one attached hydrogen (secondary N) is 1. The maximum atomic E-state index is 12.9. The van der Waals surface area contributed by atoms with Gasteiger partial charge in [0.2, 0.25) is 5.82 Å². The number of aliphatic hydroxyl groups is 1. The summed E-state index contributed by atoms with van der Waals surface area (Å²) in [7, 11) is 5.84. The Bertz CT molecular complexity index is 987. The first kappa shape index (κ1) is 23.1. The molecule has 2 aliphatic rings. The molecule has 2 aromatic rings. The van der Waals surface area contributed by atoms with Crippen LogP contribution in [0.25, 0.3) is 0 Å². The largest absolute Gasteiger partial charge is 0.395 e. The fraction of sp³-hybridized carbons (Fsp3) is 0.500. The van der Waals surface area contributed by atoms with E-state index in [1.54, 1.807) is 11.9 Å². The first-order valence-corrected chi connectivity index (χ1v) is 11.3. The standard InChI is InChI=1S/C24H32N6O3/c1-28(2)24(18-7-5-4-6-8-18)11-9-23(10-12-24)17-30(22(33)27-23)19-15-25-20(26-16-19)21(32)29(3)13-14-31/h4-8,15-16,31H,9-14,17H2,1-3H3,(H,27,33)/t23-,24-. The van der Waals surface area contributed by atoms with Crippen molar-refractivity contribution < 1.29 is 14.7 Å². The Kier molecular flexibility index (Phi) is 6.36. The molecule has 1 aromatic carbocycles. The normalized spacial score (nSPS) is 24.9. The van der Waals surface area contributed by atoms with Gasteiger partial charge in [-0.2, -0.15) is 0 Å². The Morgan fingerprint density at radius 3 is 2.30 bits per heavy atom. The monoisotopic (exact) mass is 452 g/mol. The molecule has 1 aliphatic heterocycles. The highest BCUT2D eigenvalue weighted by Crippen LogP contribution is 2.46. The lowest BCUT2D eigenvalue weighted by atomic mass is 9.69. The van der Waals surface area contributed by atoms with Gasteiger partial charge < -0.3 is 15.3 Å². The number of likely N-dealkylation sites (N-methyl/N-ethyl adjacent to an activating group) is 1. The van der Waals surface area contributed by atoms with E-state index >= 15 is 0 Å². The number of rotatable bonds is 6. The van der Waals surface area contributed by atoms with Crippen molar-refractivity contribution in [1.29, 1.82) is 0 Å². The number of aromatic nitrogens is 2. The van der Waals surface area contributed by atoms with Crippen molar-refractivity contribution >= 4 is 17.6 Å². The molecular formula is C24H32N6O3. The van der Waals surface area contributed by atoms with Crippen molar-refractivity contribution in [2.24, 2.45) is 0 Å². The molecule has 0 bridgehead atoms. The van der Waals surface area contributed by atoms with Crippen LogP contribution < -0.4 is 10.2 Å². The molecule has 1 aromatic heterocycles. The zero-order valence-corrected chi connectivity index (χ0v) is 19.5. The van der Waals surface area contributed by atoms with E-state index in [0.717, 1.165) is 25.7 Å². The van der Waals surface area contributed by atoms with Crippen LogP contribution in [0.3, 0.4) is 0 Å². The molecule has 33 heavy (non-hydrogen) atoms. The van der Waals surface area contributed by atoms with Gasteiger partial charge in [-0.3, -0.25) is 14.6 Å². The summed E-state index contributed by atoms with van der Waals surface area (Å²) in [5.41, 5.74) is 1.54. The minimum absolute atomic E-state index is 0.0420. The first-order chi connectivity index (χ1) is 15.8. The second-order valence-electron chi connectivity index (χ2n) is 9.30. The van der Waals surface area contributed by atoms with Crippen LogP contribution in [0.15, 0.2) is 42.7 Å². The summed E-state index contributed by atoms with van der Waals surface area (Å²) in [4.78, 5) is 38.8. The average molecular weight is 453 g/mol. The molecule has 176 valence electrons. The second kappa shape index (κ2) is 9.07. The van der Waals surface area contributed by atoms with E-state index in [0.29, 0.717) is 12.2 Å². The summed E-state index contributed by atoms with van der Waals surface area (Å²) in [5.74, 6) is -0.327. The van der Waals surface area contributed by atoms with Crippen LogP contribution >= 0.6 is 0 Å². The molecule has 2 N–H and O–H groups in total. The number of carbonyl (C=O) groups is 2. The molecule has 0 atom stereocenters. The number of aliphatic hydroxyl groups excluding tert-OH is 1. The minimum atomic E-state index is -0.369. The van der Waals surface area contributed by atoms with Crippen molar-refractivity contribution in [3.63, 3.8) is 0 Å². The van der Waals surface area contributed by atoms with Crippen LogP contribution in [0.1, 0.15) is 41.9 Å². The predicted octanol–water partition coefficient (Wildman–Crippen LogP) is 1.84. The van der Waals surface area contributed by atoms with Crippen LogP contribution in [0.2, 0.25) is 0 Å². The van der Waals surface area contributed by atoms with Crippen LogP contribution in [-0.2, 0) is 5.54 Å². The molecule has 2 fully saturated rings. The van der Waals surface area contributed by atoms with Crippen LogP contribution in [-0.4, -0.2) is 83.2 Å². The van der Waals surface area contributed by atoms with E-state index in [-0.39, 0.29) is 42.0 Å². The Labute approximate surface area is 194 Å². The zero-order valence-electron chi connectivity index (χ0n) is 19.5. The lowest BCUT2D eigenvalue weighted by Gasteiger charge is -2.48. The van der Waals surface area contributed by atoms with Gasteiger partial charge in [-0.25, -0.2) is 14.8 Å². The van der Waals surface area contributed by atoms with E-state index in [9.17, 15) is 9.59 Å². The lowest BCUT2D eigenvalue weighted by Crippen LogP contribution is -2.54. The van der Waals surface area contributed by atoms with Crippen molar-refractivity contribution in [1.82, 2.24) is 25.1 Å². The Balaban J connectivity index is 1.47. The van der Waals surface area contributed by atoms with Crippen molar-refractivity contribution in [3.05, 3.63) is 54.1 Å². The highest BCUT2D eigenvalue weighted by molar-refractivity contribution is 5.95. The zero-order chi connectivity index (χ0) is 23.6. The number of anilines is 1. The molecular weight excluding hydrogens is 420 g/mol. The minimum Gasteiger partial charge on any atom is -0.395 e. The van der Waals surface area contributed by atoms with Gasteiger partial charge in [0, 0.05) is 19.1 Å². The number of hydrogen-bond acceptors (Lipinski definition) is 6. The summed E-state index contributed by atoms with van der Waals surface area (Å²) < 4.78 is 0. The van der Waals surface area contributed by atoms with Crippen LogP contribution in [0.5, 0.6) is 0 Å². The number of urea groups is 1. The predicted molar refractivity (Wildman–Crippen MR) is 125 cm³/mol. The van der Waals surface area contributed by atoms with E-state index < -0.39 is 0 Å². The van der Waals surface area contributed by atoms with E-state index in [2.05, 4.69) is 58.5 Å². The third-order valence-electron chi connectivity index (χ3n) is 7.20. The van der Waals surface area contributed by atoms with Crippen molar-refractivity contribution in [3.8, 4) is 0 Å².